The molecular weight excluding hydrogens is 249 g/mol. The third-order valence-corrected chi connectivity index (χ3v) is 2.98. The van der Waals surface area contributed by atoms with E-state index < -0.39 is 0 Å². The maximum Gasteiger partial charge on any atom is 0.163 e. The van der Waals surface area contributed by atoms with Gasteiger partial charge >= 0.3 is 0 Å². The second-order valence-corrected chi connectivity index (χ2v) is 4.01. The Bertz CT molecular complexity index is 540. The van der Waals surface area contributed by atoms with Crippen molar-refractivity contribution in [3.05, 3.63) is 47.7 Å². The van der Waals surface area contributed by atoms with Gasteiger partial charge < -0.3 is 19.2 Å². The molecule has 1 heterocycles. The Labute approximate surface area is 111 Å². The molecule has 0 fully saturated rings. The highest BCUT2D eigenvalue weighted by atomic mass is 19.1. The monoisotopic (exact) mass is 265 g/mol. The van der Waals surface area contributed by atoms with Gasteiger partial charge in [-0.15, -0.1) is 0 Å². The van der Waals surface area contributed by atoms with E-state index in [1.165, 1.54) is 20.3 Å². The van der Waals surface area contributed by atoms with Crippen LogP contribution in [0.15, 0.2) is 35.1 Å². The second-order valence-electron chi connectivity index (χ2n) is 4.01. The lowest BCUT2D eigenvalue weighted by atomic mass is 10.00. The normalized spacial score (nSPS) is 12.2. The van der Waals surface area contributed by atoms with Crippen LogP contribution in [0.3, 0.4) is 0 Å². The van der Waals surface area contributed by atoms with Crippen LogP contribution in [-0.4, -0.2) is 21.3 Å². The molecule has 0 aliphatic rings. The number of ether oxygens (including phenoxy) is 2. The van der Waals surface area contributed by atoms with Gasteiger partial charge in [0.2, 0.25) is 0 Å². The molecule has 1 atom stereocenters. The molecule has 0 saturated heterocycles. The van der Waals surface area contributed by atoms with Crippen molar-refractivity contribution in [3.63, 3.8) is 0 Å². The molecular formula is C14H16FNO3. The first-order valence-corrected chi connectivity index (χ1v) is 5.82. The zero-order valence-corrected chi connectivity index (χ0v) is 11.1. The molecule has 1 aromatic carbocycles. The third-order valence-electron chi connectivity index (χ3n) is 2.98. The average molecular weight is 265 g/mol. The summed E-state index contributed by atoms with van der Waals surface area (Å²) in [7, 11) is 4.75. The molecule has 1 aromatic heterocycles. The minimum atomic E-state index is -0.363. The molecule has 102 valence electrons. The van der Waals surface area contributed by atoms with E-state index in [0.717, 1.165) is 5.56 Å². The molecule has 19 heavy (non-hydrogen) atoms. The Hall–Kier alpha value is -2.01. The van der Waals surface area contributed by atoms with E-state index >= 15 is 0 Å². The number of methoxy groups -OCH3 is 2. The molecule has 0 saturated carbocycles. The summed E-state index contributed by atoms with van der Waals surface area (Å²) in [6, 6.07) is 4.43. The number of rotatable bonds is 5. The second kappa shape index (κ2) is 5.75. The SMILES string of the molecule is CNC(c1ccoc1)c1cc(OC)c(OC)cc1F. The minimum absolute atomic E-state index is 0.307. The van der Waals surface area contributed by atoms with Gasteiger partial charge in [-0.05, 0) is 19.2 Å². The first-order chi connectivity index (χ1) is 9.21. The van der Waals surface area contributed by atoms with E-state index in [2.05, 4.69) is 5.32 Å². The Morgan fingerprint density at radius 1 is 1.21 bits per heavy atom. The minimum Gasteiger partial charge on any atom is -0.493 e. The van der Waals surface area contributed by atoms with Crippen LogP contribution in [0, 0.1) is 5.82 Å². The largest absolute Gasteiger partial charge is 0.493 e. The van der Waals surface area contributed by atoms with Crippen LogP contribution in [0.25, 0.3) is 0 Å². The number of hydrogen-bond acceptors (Lipinski definition) is 4. The molecule has 2 rings (SSSR count). The van der Waals surface area contributed by atoms with E-state index in [9.17, 15) is 4.39 Å². The molecule has 1 N–H and O–H groups in total. The van der Waals surface area contributed by atoms with Crippen LogP contribution >= 0.6 is 0 Å². The highest BCUT2D eigenvalue weighted by molar-refractivity contribution is 5.46. The highest BCUT2D eigenvalue weighted by Gasteiger charge is 2.20. The molecule has 0 spiro atoms. The fourth-order valence-corrected chi connectivity index (χ4v) is 2.03. The molecule has 1 unspecified atom stereocenters. The van der Waals surface area contributed by atoms with Gasteiger partial charge in [0.15, 0.2) is 11.5 Å². The van der Waals surface area contributed by atoms with Gasteiger partial charge in [0.25, 0.3) is 0 Å². The van der Waals surface area contributed by atoms with Crippen LogP contribution in [0.4, 0.5) is 4.39 Å². The van der Waals surface area contributed by atoms with Crippen molar-refractivity contribution in [2.24, 2.45) is 0 Å². The molecule has 5 heteroatoms. The molecule has 0 aliphatic heterocycles. The fourth-order valence-electron chi connectivity index (χ4n) is 2.03. The van der Waals surface area contributed by atoms with Crippen LogP contribution in [0.5, 0.6) is 11.5 Å². The summed E-state index contributed by atoms with van der Waals surface area (Å²) < 4.78 is 29.5. The van der Waals surface area contributed by atoms with E-state index in [-0.39, 0.29) is 11.9 Å². The number of benzene rings is 1. The Morgan fingerprint density at radius 2 is 1.89 bits per heavy atom. The van der Waals surface area contributed by atoms with Gasteiger partial charge in [0, 0.05) is 17.2 Å². The van der Waals surface area contributed by atoms with Gasteiger partial charge in [0.05, 0.1) is 32.8 Å². The average Bonchev–Trinajstić information content (AvgIpc) is 2.94. The highest BCUT2D eigenvalue weighted by Crippen LogP contribution is 2.34. The molecule has 0 radical (unpaired) electrons. The Morgan fingerprint density at radius 3 is 2.42 bits per heavy atom. The molecule has 0 bridgehead atoms. The summed E-state index contributed by atoms with van der Waals surface area (Å²) in [6.07, 6.45) is 3.13. The van der Waals surface area contributed by atoms with E-state index in [0.29, 0.717) is 17.1 Å². The number of nitrogens with one attached hydrogen (secondary N) is 1. The van der Waals surface area contributed by atoms with Gasteiger partial charge in [-0.1, -0.05) is 0 Å². The molecule has 2 aromatic rings. The van der Waals surface area contributed by atoms with Crippen molar-refractivity contribution in [1.29, 1.82) is 0 Å². The summed E-state index contributed by atoms with van der Waals surface area (Å²) in [5.74, 6) is 0.492. The summed E-state index contributed by atoms with van der Waals surface area (Å²) in [6.45, 7) is 0. The van der Waals surface area contributed by atoms with Crippen molar-refractivity contribution >= 4 is 0 Å². The number of hydrogen-bond donors (Lipinski definition) is 1. The van der Waals surface area contributed by atoms with Crippen LogP contribution in [0.1, 0.15) is 17.2 Å². The first-order valence-electron chi connectivity index (χ1n) is 5.82. The lowest BCUT2D eigenvalue weighted by molar-refractivity contribution is 0.351. The predicted octanol–water partition coefficient (Wildman–Crippen LogP) is 2.74. The van der Waals surface area contributed by atoms with Crippen LogP contribution < -0.4 is 14.8 Å². The maximum atomic E-state index is 14.2. The summed E-state index contributed by atoms with van der Waals surface area (Å²) >= 11 is 0. The lowest BCUT2D eigenvalue weighted by Crippen LogP contribution is -2.18. The van der Waals surface area contributed by atoms with Crippen molar-refractivity contribution in [2.45, 2.75) is 6.04 Å². The predicted molar refractivity (Wildman–Crippen MR) is 69.1 cm³/mol. The van der Waals surface area contributed by atoms with Gasteiger partial charge in [0.1, 0.15) is 5.82 Å². The van der Waals surface area contributed by atoms with Crippen molar-refractivity contribution in [3.8, 4) is 11.5 Å². The third kappa shape index (κ3) is 2.56. The Kier molecular flexibility index (Phi) is 4.06. The fraction of sp³-hybridized carbons (Fsp3) is 0.286. The topological polar surface area (TPSA) is 43.6 Å². The first kappa shape index (κ1) is 13.4. The Balaban J connectivity index is 2.48. The van der Waals surface area contributed by atoms with Crippen molar-refractivity contribution < 1.29 is 18.3 Å². The zero-order valence-electron chi connectivity index (χ0n) is 11.1. The molecule has 0 aliphatic carbocycles. The van der Waals surface area contributed by atoms with Crippen LogP contribution in [-0.2, 0) is 0 Å². The van der Waals surface area contributed by atoms with E-state index in [4.69, 9.17) is 13.9 Å². The van der Waals surface area contributed by atoms with Crippen molar-refractivity contribution in [1.82, 2.24) is 5.32 Å². The summed E-state index contributed by atoms with van der Waals surface area (Å²) in [4.78, 5) is 0. The summed E-state index contributed by atoms with van der Waals surface area (Å²) in [5.41, 5.74) is 1.31. The standard InChI is InChI=1S/C14H16FNO3/c1-16-14(9-4-5-19-8-9)10-6-12(17-2)13(18-3)7-11(10)15/h4-8,14,16H,1-3H3. The van der Waals surface area contributed by atoms with Gasteiger partial charge in [-0.3, -0.25) is 0 Å². The van der Waals surface area contributed by atoms with E-state index in [1.54, 1.807) is 31.7 Å². The molecule has 4 nitrogen and oxygen atoms in total. The zero-order chi connectivity index (χ0) is 13.8. The number of furan rings is 1. The summed E-state index contributed by atoms with van der Waals surface area (Å²) in [5, 5.41) is 3.05. The number of halogens is 1. The lowest BCUT2D eigenvalue weighted by Gasteiger charge is -2.18. The van der Waals surface area contributed by atoms with Gasteiger partial charge in [-0.2, -0.15) is 0 Å². The van der Waals surface area contributed by atoms with Crippen LogP contribution in [0.2, 0.25) is 0 Å². The maximum absolute atomic E-state index is 14.2. The molecule has 0 amide bonds. The van der Waals surface area contributed by atoms with Crippen molar-refractivity contribution in [2.75, 3.05) is 21.3 Å². The van der Waals surface area contributed by atoms with Gasteiger partial charge in [-0.25, -0.2) is 4.39 Å². The quantitative estimate of drug-likeness (QED) is 0.902. The van der Waals surface area contributed by atoms with E-state index in [1.807, 2.05) is 0 Å². The smallest absolute Gasteiger partial charge is 0.163 e.